The number of amides is 2. The van der Waals surface area contributed by atoms with Crippen LogP contribution in [-0.2, 0) is 26.2 Å². The Morgan fingerprint density at radius 3 is 2.02 bits per heavy atom. The van der Waals surface area contributed by atoms with E-state index in [0.29, 0.717) is 23.6 Å². The van der Waals surface area contributed by atoms with Crippen molar-refractivity contribution in [2.24, 2.45) is 0 Å². The molecular formula is C37H41N3O5S. The van der Waals surface area contributed by atoms with Crippen LogP contribution in [0.4, 0.5) is 5.69 Å². The fourth-order valence-electron chi connectivity index (χ4n) is 5.73. The lowest BCUT2D eigenvalue weighted by Crippen LogP contribution is -2.53. The molecule has 1 saturated carbocycles. The number of nitrogens with zero attached hydrogens (tertiary/aromatic N) is 2. The minimum Gasteiger partial charge on any atom is -0.457 e. The molecule has 4 aromatic rings. The van der Waals surface area contributed by atoms with Gasteiger partial charge in [-0.1, -0.05) is 86.0 Å². The lowest BCUT2D eigenvalue weighted by molar-refractivity contribution is -0.140. The van der Waals surface area contributed by atoms with Crippen LogP contribution in [0.5, 0.6) is 11.5 Å². The van der Waals surface area contributed by atoms with Crippen molar-refractivity contribution in [2.75, 3.05) is 10.8 Å². The molecule has 46 heavy (non-hydrogen) atoms. The molecule has 1 N–H and O–H groups in total. The normalized spacial score (nSPS) is 14.0. The minimum absolute atomic E-state index is 0.0588. The SMILES string of the molecule is CC[C@H](C(=O)NC1CCCC1)N(Cc1ccc(C)cc1)C(=O)CN(c1ccc(Oc2ccccc2)cc1)S(=O)(=O)c1ccccc1. The molecule has 0 saturated heterocycles. The highest BCUT2D eigenvalue weighted by atomic mass is 32.2. The van der Waals surface area contributed by atoms with Crippen LogP contribution in [0.15, 0.2) is 114 Å². The van der Waals surface area contributed by atoms with E-state index in [1.54, 1.807) is 42.5 Å². The zero-order chi connectivity index (χ0) is 32.5. The van der Waals surface area contributed by atoms with Gasteiger partial charge in [0.2, 0.25) is 11.8 Å². The second-order valence-electron chi connectivity index (χ2n) is 11.7. The number of ether oxygens (including phenoxy) is 1. The van der Waals surface area contributed by atoms with Crippen molar-refractivity contribution in [3.8, 4) is 11.5 Å². The third-order valence-electron chi connectivity index (χ3n) is 8.27. The van der Waals surface area contributed by atoms with Crippen molar-refractivity contribution in [2.45, 2.75) is 69.5 Å². The van der Waals surface area contributed by atoms with Crippen LogP contribution in [0.2, 0.25) is 0 Å². The topological polar surface area (TPSA) is 96.0 Å². The smallest absolute Gasteiger partial charge is 0.264 e. The molecule has 0 aromatic heterocycles. The Morgan fingerprint density at radius 1 is 0.826 bits per heavy atom. The van der Waals surface area contributed by atoms with Crippen molar-refractivity contribution in [1.82, 2.24) is 10.2 Å². The summed E-state index contributed by atoms with van der Waals surface area (Å²) in [6.07, 6.45) is 4.35. The summed E-state index contributed by atoms with van der Waals surface area (Å²) in [7, 11) is -4.16. The summed E-state index contributed by atoms with van der Waals surface area (Å²) >= 11 is 0. The molecule has 0 aliphatic heterocycles. The van der Waals surface area contributed by atoms with E-state index in [1.807, 2.05) is 68.4 Å². The van der Waals surface area contributed by atoms with Gasteiger partial charge in [0.1, 0.15) is 24.1 Å². The predicted octanol–water partition coefficient (Wildman–Crippen LogP) is 6.85. The van der Waals surface area contributed by atoms with E-state index in [4.69, 9.17) is 4.74 Å². The van der Waals surface area contributed by atoms with E-state index in [9.17, 15) is 18.0 Å². The third kappa shape index (κ3) is 8.14. The Bertz CT molecular complexity index is 1690. The molecule has 1 atom stereocenters. The quantitative estimate of drug-likeness (QED) is 0.173. The highest BCUT2D eigenvalue weighted by Gasteiger charge is 2.34. The molecule has 9 heteroatoms. The van der Waals surface area contributed by atoms with Crippen LogP contribution in [0.1, 0.15) is 50.2 Å². The Hall–Kier alpha value is -4.63. The number of aryl methyl sites for hydroxylation is 1. The van der Waals surface area contributed by atoms with E-state index < -0.39 is 28.5 Å². The van der Waals surface area contributed by atoms with Crippen LogP contribution in [0.3, 0.4) is 0 Å². The molecule has 2 amide bonds. The molecule has 1 aliphatic carbocycles. The number of para-hydroxylation sites is 1. The summed E-state index contributed by atoms with van der Waals surface area (Å²) in [6.45, 7) is 3.53. The second-order valence-corrected chi connectivity index (χ2v) is 13.5. The van der Waals surface area contributed by atoms with Crippen molar-refractivity contribution >= 4 is 27.5 Å². The predicted molar refractivity (Wildman–Crippen MR) is 180 cm³/mol. The van der Waals surface area contributed by atoms with Gasteiger partial charge < -0.3 is 15.0 Å². The molecule has 8 nitrogen and oxygen atoms in total. The fourth-order valence-corrected chi connectivity index (χ4v) is 7.17. The first-order valence-corrected chi connectivity index (χ1v) is 17.2. The highest BCUT2D eigenvalue weighted by molar-refractivity contribution is 7.92. The van der Waals surface area contributed by atoms with Gasteiger partial charge in [-0.3, -0.25) is 13.9 Å². The van der Waals surface area contributed by atoms with Crippen LogP contribution in [0, 0.1) is 6.92 Å². The lowest BCUT2D eigenvalue weighted by Gasteiger charge is -2.33. The van der Waals surface area contributed by atoms with Crippen molar-refractivity contribution in [3.05, 3.63) is 120 Å². The van der Waals surface area contributed by atoms with E-state index in [2.05, 4.69) is 5.32 Å². The number of carbonyl (C=O) groups excluding carboxylic acids is 2. The first-order chi connectivity index (χ1) is 22.2. The zero-order valence-corrected chi connectivity index (χ0v) is 27.2. The molecule has 240 valence electrons. The van der Waals surface area contributed by atoms with Gasteiger partial charge >= 0.3 is 0 Å². The molecule has 1 aliphatic rings. The molecule has 0 bridgehead atoms. The van der Waals surface area contributed by atoms with Gasteiger partial charge in [0.25, 0.3) is 10.0 Å². The summed E-state index contributed by atoms with van der Waals surface area (Å²) < 4.78 is 35.2. The van der Waals surface area contributed by atoms with Gasteiger partial charge in [0.15, 0.2) is 0 Å². The Morgan fingerprint density at radius 2 is 1.41 bits per heavy atom. The van der Waals surface area contributed by atoms with E-state index in [0.717, 1.165) is 41.1 Å². The van der Waals surface area contributed by atoms with Crippen LogP contribution in [-0.4, -0.2) is 43.8 Å². The Labute approximate surface area is 272 Å². The molecular weight excluding hydrogens is 598 g/mol. The number of benzene rings is 4. The molecule has 0 unspecified atom stereocenters. The van der Waals surface area contributed by atoms with E-state index in [-0.39, 0.29) is 23.4 Å². The number of hydrogen-bond donors (Lipinski definition) is 1. The summed E-state index contributed by atoms with van der Waals surface area (Å²) in [5.41, 5.74) is 2.23. The van der Waals surface area contributed by atoms with Crippen LogP contribution >= 0.6 is 0 Å². The van der Waals surface area contributed by atoms with Crippen LogP contribution in [0.25, 0.3) is 0 Å². The van der Waals surface area contributed by atoms with Gasteiger partial charge in [-0.15, -0.1) is 0 Å². The third-order valence-corrected chi connectivity index (χ3v) is 10.1. The zero-order valence-electron chi connectivity index (χ0n) is 26.3. The average Bonchev–Trinajstić information content (AvgIpc) is 3.58. The van der Waals surface area contributed by atoms with Gasteiger partial charge in [0, 0.05) is 12.6 Å². The Balaban J connectivity index is 1.47. The first kappa shape index (κ1) is 32.8. The van der Waals surface area contributed by atoms with Gasteiger partial charge in [-0.25, -0.2) is 8.42 Å². The minimum atomic E-state index is -4.16. The maximum absolute atomic E-state index is 14.3. The molecule has 4 aromatic carbocycles. The maximum atomic E-state index is 14.3. The maximum Gasteiger partial charge on any atom is 0.264 e. The van der Waals surface area contributed by atoms with Crippen molar-refractivity contribution in [1.29, 1.82) is 0 Å². The highest BCUT2D eigenvalue weighted by Crippen LogP contribution is 2.29. The molecule has 5 rings (SSSR count). The van der Waals surface area contributed by atoms with Gasteiger partial charge in [0.05, 0.1) is 10.6 Å². The van der Waals surface area contributed by atoms with Crippen LogP contribution < -0.4 is 14.4 Å². The molecule has 1 fully saturated rings. The molecule has 0 spiro atoms. The lowest BCUT2D eigenvalue weighted by atomic mass is 10.1. The first-order valence-electron chi connectivity index (χ1n) is 15.8. The summed E-state index contributed by atoms with van der Waals surface area (Å²) in [5, 5.41) is 3.15. The number of nitrogens with one attached hydrogen (secondary N) is 1. The largest absolute Gasteiger partial charge is 0.457 e. The van der Waals surface area contributed by atoms with E-state index >= 15 is 0 Å². The van der Waals surface area contributed by atoms with E-state index in [1.165, 1.54) is 17.0 Å². The Kier molecular flexibility index (Phi) is 10.8. The second kappa shape index (κ2) is 15.1. The summed E-state index contributed by atoms with van der Waals surface area (Å²) in [6, 6.07) is 31.0. The van der Waals surface area contributed by atoms with Gasteiger partial charge in [-0.2, -0.15) is 0 Å². The summed E-state index contributed by atoms with van der Waals surface area (Å²) in [4.78, 5) is 29.6. The number of rotatable bonds is 13. The fraction of sp³-hybridized carbons (Fsp3) is 0.297. The standard InChI is InChI=1S/C37H41N3O5S/c1-3-35(37(42)38-30-12-10-11-13-30)39(26-29-20-18-28(2)19-21-29)36(41)27-40(46(43,44)34-16-8-5-9-17-34)31-22-24-33(25-23-31)45-32-14-6-4-7-15-32/h4-9,14-25,30,35H,3,10-13,26-27H2,1-2H3,(H,38,42)/t35-/m1/s1. The monoisotopic (exact) mass is 639 g/mol. The van der Waals surface area contributed by atoms with Crippen molar-refractivity contribution < 1.29 is 22.7 Å². The average molecular weight is 640 g/mol. The summed E-state index contributed by atoms with van der Waals surface area (Å²) in [5.74, 6) is 0.481. The number of carbonyl (C=O) groups is 2. The number of sulfonamides is 1. The number of anilines is 1. The van der Waals surface area contributed by atoms with Crippen molar-refractivity contribution in [3.63, 3.8) is 0 Å². The number of hydrogen-bond acceptors (Lipinski definition) is 5. The van der Waals surface area contributed by atoms with Gasteiger partial charge in [-0.05, 0) is 80.3 Å². The molecule has 0 radical (unpaired) electrons. The molecule has 0 heterocycles.